The number of carbonyl (C=O) groups excluding carboxylic acids is 1. The number of hydrogen-bond acceptors (Lipinski definition) is 4. The molecular weight excluding hydrogens is 206 g/mol. The van der Waals surface area contributed by atoms with E-state index in [0.717, 1.165) is 6.08 Å². The lowest BCUT2D eigenvalue weighted by Crippen LogP contribution is -1.95. The van der Waals surface area contributed by atoms with Crippen LogP contribution in [0.25, 0.3) is 0 Å². The van der Waals surface area contributed by atoms with Gasteiger partial charge in [0.2, 0.25) is 0 Å². The predicted molar refractivity (Wildman–Crippen MR) is 48.3 cm³/mol. The van der Waals surface area contributed by atoms with Gasteiger partial charge in [-0.05, 0) is 24.3 Å². The minimum atomic E-state index is -3.89. The maximum atomic E-state index is 11.2. The number of benzene rings is 1. The van der Waals surface area contributed by atoms with E-state index in [1.165, 1.54) is 31.4 Å². The molecule has 0 aliphatic carbocycles. The Bertz CT molecular complexity index is 457. The van der Waals surface area contributed by atoms with Gasteiger partial charge in [-0.3, -0.25) is 0 Å². The Labute approximate surface area is 81.1 Å². The second-order valence-corrected chi connectivity index (χ2v) is 3.94. The summed E-state index contributed by atoms with van der Waals surface area (Å²) in [5, 5.41) is 0. The minimum Gasteiger partial charge on any atom is -0.497 e. The first kappa shape index (κ1) is 10.4. The van der Waals surface area contributed by atoms with Crippen LogP contribution >= 0.6 is 0 Å². The average Bonchev–Trinajstić information content (AvgIpc) is 2.18. The fourth-order valence-corrected chi connectivity index (χ4v) is 1.53. The molecule has 0 amide bonds. The second kappa shape index (κ2) is 4.04. The second-order valence-electron chi connectivity index (χ2n) is 2.33. The Hall–Kier alpha value is -1.65. The SMILES string of the molecule is COc1ccc(S(=O)(=O)N=C=O)cc1. The monoisotopic (exact) mass is 213 g/mol. The van der Waals surface area contributed by atoms with Gasteiger partial charge in [0, 0.05) is 0 Å². The molecule has 0 aromatic heterocycles. The van der Waals surface area contributed by atoms with Crippen LogP contribution in [-0.2, 0) is 14.8 Å². The van der Waals surface area contributed by atoms with Crippen LogP contribution in [0, 0.1) is 0 Å². The molecule has 0 radical (unpaired) electrons. The Morgan fingerprint density at radius 2 is 1.86 bits per heavy atom. The summed E-state index contributed by atoms with van der Waals surface area (Å²) in [6.07, 6.45) is 0.991. The molecule has 0 bridgehead atoms. The molecule has 5 nitrogen and oxygen atoms in total. The molecule has 0 unspecified atom stereocenters. The van der Waals surface area contributed by atoms with Crippen molar-refractivity contribution < 1.29 is 17.9 Å². The molecule has 1 aromatic carbocycles. The largest absolute Gasteiger partial charge is 0.497 e. The highest BCUT2D eigenvalue weighted by Gasteiger charge is 2.11. The molecule has 0 heterocycles. The van der Waals surface area contributed by atoms with Crippen LogP contribution in [0.3, 0.4) is 0 Å². The Morgan fingerprint density at radius 1 is 1.29 bits per heavy atom. The van der Waals surface area contributed by atoms with Crippen LogP contribution in [0.5, 0.6) is 5.75 Å². The lowest BCUT2D eigenvalue weighted by molar-refractivity contribution is 0.414. The first-order valence-electron chi connectivity index (χ1n) is 3.58. The molecule has 0 saturated carbocycles. The van der Waals surface area contributed by atoms with Crippen molar-refractivity contribution in [3.8, 4) is 5.75 Å². The van der Waals surface area contributed by atoms with Crippen LogP contribution in [-0.4, -0.2) is 21.6 Å². The zero-order valence-electron chi connectivity index (χ0n) is 7.30. The molecule has 0 saturated heterocycles. The number of ether oxygens (including phenoxy) is 1. The summed E-state index contributed by atoms with van der Waals surface area (Å²) < 4.78 is 29.9. The highest BCUT2D eigenvalue weighted by atomic mass is 32.2. The van der Waals surface area contributed by atoms with Crippen molar-refractivity contribution in [3.05, 3.63) is 24.3 Å². The lowest BCUT2D eigenvalue weighted by Gasteiger charge is -1.99. The van der Waals surface area contributed by atoms with Gasteiger partial charge in [-0.2, -0.15) is 8.42 Å². The molecule has 6 heteroatoms. The van der Waals surface area contributed by atoms with Crippen molar-refractivity contribution in [1.82, 2.24) is 0 Å². The molecule has 0 fully saturated rings. The summed E-state index contributed by atoms with van der Waals surface area (Å²) in [7, 11) is -2.42. The fraction of sp³-hybridized carbons (Fsp3) is 0.125. The third-order valence-electron chi connectivity index (χ3n) is 1.51. The van der Waals surface area contributed by atoms with Crippen LogP contribution in [0.1, 0.15) is 0 Å². The topological polar surface area (TPSA) is 72.8 Å². The van der Waals surface area contributed by atoms with Crippen molar-refractivity contribution in [2.45, 2.75) is 4.90 Å². The van der Waals surface area contributed by atoms with Gasteiger partial charge in [-0.25, -0.2) is 4.79 Å². The van der Waals surface area contributed by atoms with Gasteiger partial charge >= 0.3 is 0 Å². The Balaban J connectivity index is 3.16. The van der Waals surface area contributed by atoms with Gasteiger partial charge in [-0.1, -0.05) is 4.40 Å². The standard InChI is InChI=1S/C8H7NO4S/c1-13-7-2-4-8(5-3-7)14(11,12)9-6-10/h2-5H,1H3. The summed E-state index contributed by atoms with van der Waals surface area (Å²) in [5.74, 6) is 0.527. The maximum absolute atomic E-state index is 11.2. The van der Waals surface area contributed by atoms with Crippen LogP contribution in [0.2, 0.25) is 0 Å². The third-order valence-corrected chi connectivity index (χ3v) is 2.70. The van der Waals surface area contributed by atoms with E-state index in [4.69, 9.17) is 4.74 Å². The fourth-order valence-electron chi connectivity index (χ4n) is 0.849. The first-order chi connectivity index (χ1) is 6.60. The highest BCUT2D eigenvalue weighted by molar-refractivity contribution is 7.90. The van der Waals surface area contributed by atoms with E-state index < -0.39 is 10.0 Å². The summed E-state index contributed by atoms with van der Waals surface area (Å²) in [4.78, 5) is 9.75. The van der Waals surface area contributed by atoms with Crippen molar-refractivity contribution in [2.24, 2.45) is 4.40 Å². The lowest BCUT2D eigenvalue weighted by atomic mass is 10.3. The zero-order chi connectivity index (χ0) is 10.6. The summed E-state index contributed by atoms with van der Waals surface area (Å²) in [5.41, 5.74) is 0. The molecular formula is C8H7NO4S. The van der Waals surface area contributed by atoms with Crippen LogP contribution < -0.4 is 4.74 Å². The summed E-state index contributed by atoms with van der Waals surface area (Å²) >= 11 is 0. The zero-order valence-corrected chi connectivity index (χ0v) is 8.11. The van der Waals surface area contributed by atoms with Gasteiger partial charge in [0.25, 0.3) is 16.1 Å². The van der Waals surface area contributed by atoms with Crippen molar-refractivity contribution in [1.29, 1.82) is 0 Å². The summed E-state index contributed by atoms with van der Waals surface area (Å²) in [6.45, 7) is 0. The van der Waals surface area contributed by atoms with E-state index in [2.05, 4.69) is 4.40 Å². The predicted octanol–water partition coefficient (Wildman–Crippen LogP) is 0.720. The average molecular weight is 213 g/mol. The molecule has 0 aliphatic rings. The molecule has 1 aromatic rings. The minimum absolute atomic E-state index is 0.0679. The number of isocyanates is 1. The number of hydrogen-bond donors (Lipinski definition) is 0. The van der Waals surface area contributed by atoms with Crippen molar-refractivity contribution in [3.63, 3.8) is 0 Å². The van der Waals surface area contributed by atoms with E-state index in [9.17, 15) is 13.2 Å². The molecule has 1 rings (SSSR count). The van der Waals surface area contributed by atoms with Crippen LogP contribution in [0.15, 0.2) is 33.6 Å². The molecule has 14 heavy (non-hydrogen) atoms. The van der Waals surface area contributed by atoms with E-state index in [1.54, 1.807) is 0 Å². The normalized spacial score (nSPS) is 10.4. The quantitative estimate of drug-likeness (QED) is 0.547. The van der Waals surface area contributed by atoms with Crippen molar-refractivity contribution >= 4 is 16.1 Å². The van der Waals surface area contributed by atoms with E-state index in [0.29, 0.717) is 5.75 Å². The Morgan fingerprint density at radius 3 is 2.29 bits per heavy atom. The Kier molecular flexibility index (Phi) is 3.01. The van der Waals surface area contributed by atoms with Gasteiger partial charge < -0.3 is 4.74 Å². The molecule has 74 valence electrons. The number of rotatable bonds is 3. The van der Waals surface area contributed by atoms with Crippen LogP contribution in [0.4, 0.5) is 0 Å². The number of nitrogens with zero attached hydrogens (tertiary/aromatic N) is 1. The number of sulfonamides is 1. The molecule has 0 N–H and O–H groups in total. The van der Waals surface area contributed by atoms with E-state index in [-0.39, 0.29) is 4.90 Å². The maximum Gasteiger partial charge on any atom is 0.292 e. The number of methoxy groups -OCH3 is 1. The first-order valence-corrected chi connectivity index (χ1v) is 5.02. The van der Waals surface area contributed by atoms with Gasteiger partial charge in [0.15, 0.2) is 0 Å². The molecule has 0 atom stereocenters. The van der Waals surface area contributed by atoms with E-state index in [1.807, 2.05) is 0 Å². The van der Waals surface area contributed by atoms with Crippen molar-refractivity contribution in [2.75, 3.05) is 7.11 Å². The van der Waals surface area contributed by atoms with E-state index >= 15 is 0 Å². The summed E-state index contributed by atoms with van der Waals surface area (Å²) in [6, 6.07) is 5.53. The highest BCUT2D eigenvalue weighted by Crippen LogP contribution is 2.16. The third kappa shape index (κ3) is 2.18. The van der Waals surface area contributed by atoms with Gasteiger partial charge in [0.1, 0.15) is 5.75 Å². The van der Waals surface area contributed by atoms with Gasteiger partial charge in [0.05, 0.1) is 12.0 Å². The molecule has 0 aliphatic heterocycles. The molecule has 0 spiro atoms. The van der Waals surface area contributed by atoms with Gasteiger partial charge in [-0.15, -0.1) is 0 Å². The smallest absolute Gasteiger partial charge is 0.292 e.